The molecule has 2 N–H and O–H groups in total. The lowest BCUT2D eigenvalue weighted by molar-refractivity contribution is 0.368. The fraction of sp³-hybridized carbons (Fsp3) is 0.167. The monoisotopic (exact) mass is 248 g/mol. The molecular weight excluding hydrogens is 236 g/mol. The number of hydrogen-bond donors (Lipinski definition) is 2. The normalized spacial score (nSPS) is 10.1. The lowest BCUT2D eigenvalue weighted by Crippen LogP contribution is -1.93. The quantitative estimate of drug-likeness (QED) is 0.857. The topological polar surface area (TPSA) is 84.7 Å². The fourth-order valence-corrected chi connectivity index (χ4v) is 1.55. The first kappa shape index (κ1) is 12.0. The molecule has 0 amide bonds. The van der Waals surface area contributed by atoms with Crippen LogP contribution in [0.3, 0.4) is 0 Å². The van der Waals surface area contributed by atoms with E-state index in [4.69, 9.17) is 9.47 Å². The van der Waals surface area contributed by atoms with Crippen molar-refractivity contribution in [3.63, 3.8) is 0 Å². The lowest BCUT2D eigenvalue weighted by atomic mass is 10.2. The van der Waals surface area contributed by atoms with Crippen LogP contribution in [0, 0.1) is 0 Å². The summed E-state index contributed by atoms with van der Waals surface area (Å²) in [6, 6.07) is 3.02. The first-order valence-corrected chi connectivity index (χ1v) is 5.13. The molecule has 0 aliphatic rings. The van der Waals surface area contributed by atoms with E-state index in [2.05, 4.69) is 9.97 Å². The van der Waals surface area contributed by atoms with Gasteiger partial charge in [-0.2, -0.15) is 0 Å². The predicted octanol–water partition coefficient (Wildman–Crippen LogP) is 1.57. The van der Waals surface area contributed by atoms with Gasteiger partial charge in [0.05, 0.1) is 14.2 Å². The van der Waals surface area contributed by atoms with Gasteiger partial charge in [0.2, 0.25) is 0 Å². The number of rotatable bonds is 3. The molecule has 2 heterocycles. The summed E-state index contributed by atoms with van der Waals surface area (Å²) in [6.07, 6.45) is 2.91. The first-order valence-electron chi connectivity index (χ1n) is 5.13. The maximum Gasteiger partial charge on any atom is 0.186 e. The summed E-state index contributed by atoms with van der Waals surface area (Å²) in [5.41, 5.74) is 0.261. The number of pyridine rings is 2. The molecule has 0 atom stereocenters. The van der Waals surface area contributed by atoms with Gasteiger partial charge in [-0.3, -0.25) is 9.97 Å². The summed E-state index contributed by atoms with van der Waals surface area (Å²) in [5.74, 6) is 0.139. The minimum Gasteiger partial charge on any atom is -0.503 e. The molecule has 2 aromatic rings. The van der Waals surface area contributed by atoms with Crippen LogP contribution in [0.15, 0.2) is 24.5 Å². The molecule has 94 valence electrons. The molecule has 2 rings (SSSR count). The van der Waals surface area contributed by atoms with Gasteiger partial charge in [-0.05, 0) is 0 Å². The molecule has 6 nitrogen and oxygen atoms in total. The second kappa shape index (κ2) is 4.79. The van der Waals surface area contributed by atoms with Gasteiger partial charge in [0.25, 0.3) is 0 Å². The second-order valence-electron chi connectivity index (χ2n) is 3.42. The summed E-state index contributed by atoms with van der Waals surface area (Å²) in [7, 11) is 2.86. The first-order chi connectivity index (χ1) is 8.69. The van der Waals surface area contributed by atoms with Gasteiger partial charge in [-0.1, -0.05) is 0 Å². The Kier molecular flexibility index (Phi) is 3.18. The van der Waals surface area contributed by atoms with Crippen LogP contribution < -0.4 is 9.47 Å². The van der Waals surface area contributed by atoms with Crippen molar-refractivity contribution in [1.82, 2.24) is 9.97 Å². The van der Waals surface area contributed by atoms with Crippen molar-refractivity contribution in [2.24, 2.45) is 0 Å². The molecule has 0 aliphatic carbocycles. The fourth-order valence-electron chi connectivity index (χ4n) is 1.55. The third kappa shape index (κ3) is 1.88. The smallest absolute Gasteiger partial charge is 0.186 e. The van der Waals surface area contributed by atoms with E-state index in [0.717, 1.165) is 0 Å². The van der Waals surface area contributed by atoms with Crippen LogP contribution in [0.25, 0.3) is 11.4 Å². The Hall–Kier alpha value is -2.50. The number of aromatic hydroxyl groups is 2. The van der Waals surface area contributed by atoms with Crippen molar-refractivity contribution in [1.29, 1.82) is 0 Å². The number of ether oxygens (including phenoxy) is 2. The van der Waals surface area contributed by atoms with Crippen LogP contribution >= 0.6 is 0 Å². The van der Waals surface area contributed by atoms with E-state index in [9.17, 15) is 10.2 Å². The minimum absolute atomic E-state index is 0.130. The van der Waals surface area contributed by atoms with E-state index in [1.165, 1.54) is 38.7 Å². The Labute approximate surface area is 103 Å². The molecule has 6 heteroatoms. The molecule has 18 heavy (non-hydrogen) atoms. The Bertz CT molecular complexity index is 520. The van der Waals surface area contributed by atoms with Gasteiger partial charge >= 0.3 is 0 Å². The largest absolute Gasteiger partial charge is 0.503 e. The van der Waals surface area contributed by atoms with Gasteiger partial charge in [0.1, 0.15) is 11.4 Å². The van der Waals surface area contributed by atoms with E-state index >= 15 is 0 Å². The zero-order valence-electron chi connectivity index (χ0n) is 9.91. The maximum absolute atomic E-state index is 9.95. The van der Waals surface area contributed by atoms with Crippen molar-refractivity contribution < 1.29 is 19.7 Å². The molecule has 0 aliphatic heterocycles. The number of methoxy groups -OCH3 is 2. The summed E-state index contributed by atoms with van der Waals surface area (Å²) < 4.78 is 9.95. The van der Waals surface area contributed by atoms with Crippen LogP contribution in [-0.4, -0.2) is 34.4 Å². The molecule has 2 aromatic heterocycles. The second-order valence-corrected chi connectivity index (χ2v) is 3.42. The Balaban J connectivity index is 2.62. The van der Waals surface area contributed by atoms with Gasteiger partial charge in [-0.15, -0.1) is 0 Å². The summed E-state index contributed by atoms with van der Waals surface area (Å²) >= 11 is 0. The van der Waals surface area contributed by atoms with Gasteiger partial charge in [0.15, 0.2) is 23.0 Å². The molecule has 0 fully saturated rings. The molecular formula is C12H12N2O4. The maximum atomic E-state index is 9.95. The van der Waals surface area contributed by atoms with Crippen molar-refractivity contribution >= 4 is 0 Å². The van der Waals surface area contributed by atoms with Gasteiger partial charge in [0, 0.05) is 24.5 Å². The van der Waals surface area contributed by atoms with Crippen LogP contribution in [0.1, 0.15) is 0 Å². The average molecular weight is 248 g/mol. The molecule has 0 saturated carbocycles. The zero-order valence-corrected chi connectivity index (χ0v) is 9.91. The van der Waals surface area contributed by atoms with Crippen molar-refractivity contribution in [3.8, 4) is 34.4 Å². The predicted molar refractivity (Wildman–Crippen MR) is 63.9 cm³/mol. The number of aromatic nitrogens is 2. The molecule has 0 radical (unpaired) electrons. The summed E-state index contributed by atoms with van der Waals surface area (Å²) in [4.78, 5) is 7.97. The number of nitrogens with zero attached hydrogens (tertiary/aromatic N) is 2. The van der Waals surface area contributed by atoms with Crippen molar-refractivity contribution in [2.45, 2.75) is 0 Å². The Morgan fingerprint density at radius 3 is 1.56 bits per heavy atom. The number of hydrogen-bond acceptors (Lipinski definition) is 6. The highest BCUT2D eigenvalue weighted by molar-refractivity contribution is 5.73. The highest BCUT2D eigenvalue weighted by Gasteiger charge is 2.18. The molecule has 0 unspecified atom stereocenters. The van der Waals surface area contributed by atoms with Gasteiger partial charge in [-0.25, -0.2) is 0 Å². The van der Waals surface area contributed by atoms with Gasteiger partial charge < -0.3 is 19.7 Å². The summed E-state index contributed by atoms with van der Waals surface area (Å²) in [6.45, 7) is 0. The zero-order chi connectivity index (χ0) is 13.1. The Morgan fingerprint density at radius 2 is 1.22 bits per heavy atom. The van der Waals surface area contributed by atoms with Crippen LogP contribution in [0.5, 0.6) is 23.0 Å². The highest BCUT2D eigenvalue weighted by Crippen LogP contribution is 2.40. The Morgan fingerprint density at radius 1 is 0.833 bits per heavy atom. The van der Waals surface area contributed by atoms with Crippen LogP contribution in [0.2, 0.25) is 0 Å². The van der Waals surface area contributed by atoms with Crippen LogP contribution in [-0.2, 0) is 0 Å². The molecule has 0 saturated heterocycles. The molecule has 0 aromatic carbocycles. The van der Waals surface area contributed by atoms with E-state index in [1.54, 1.807) is 0 Å². The van der Waals surface area contributed by atoms with E-state index in [-0.39, 0.29) is 34.4 Å². The minimum atomic E-state index is -0.184. The molecule has 0 bridgehead atoms. The van der Waals surface area contributed by atoms with Crippen molar-refractivity contribution in [3.05, 3.63) is 24.5 Å². The van der Waals surface area contributed by atoms with Crippen molar-refractivity contribution in [2.75, 3.05) is 14.2 Å². The van der Waals surface area contributed by atoms with E-state index in [0.29, 0.717) is 0 Å². The summed E-state index contributed by atoms with van der Waals surface area (Å²) in [5, 5.41) is 19.9. The van der Waals surface area contributed by atoms with E-state index < -0.39 is 0 Å². The van der Waals surface area contributed by atoms with E-state index in [1.807, 2.05) is 0 Å². The molecule has 0 spiro atoms. The third-order valence-electron chi connectivity index (χ3n) is 2.44. The lowest BCUT2D eigenvalue weighted by Gasteiger charge is -2.10. The van der Waals surface area contributed by atoms with Crippen LogP contribution in [0.4, 0.5) is 0 Å². The highest BCUT2D eigenvalue weighted by atomic mass is 16.5. The SMILES string of the molecule is COc1ccnc(-c2nccc(OC)c2O)c1O. The third-order valence-corrected chi connectivity index (χ3v) is 2.44. The average Bonchev–Trinajstić information content (AvgIpc) is 2.40. The standard InChI is InChI=1S/C12H12N2O4/c1-17-7-3-5-13-9(11(7)15)10-12(16)8(18-2)4-6-14-10/h3-6,15-16H,1-2H3.